The Morgan fingerprint density at radius 2 is 2.15 bits per heavy atom. The molecular weight excluding hydrogens is 318 g/mol. The minimum atomic E-state index is -0.0738. The van der Waals surface area contributed by atoms with Gasteiger partial charge in [-0.2, -0.15) is 0 Å². The number of nitrogens with one attached hydrogen (secondary N) is 2. The van der Waals surface area contributed by atoms with Gasteiger partial charge in [0.2, 0.25) is 0 Å². The Balaban J connectivity index is 2.16. The number of halogens is 1. The highest BCUT2D eigenvalue weighted by atomic mass is 79.9. The van der Waals surface area contributed by atoms with Gasteiger partial charge >= 0.3 is 0 Å². The number of amides is 1. The van der Waals surface area contributed by atoms with Gasteiger partial charge in [-0.25, -0.2) is 0 Å². The van der Waals surface area contributed by atoms with Crippen molar-refractivity contribution in [3.63, 3.8) is 0 Å². The fourth-order valence-corrected chi connectivity index (χ4v) is 2.37. The molecule has 0 spiro atoms. The number of hydrogen-bond acceptors (Lipinski definition) is 3. The number of hydrogen-bond donors (Lipinski definition) is 2. The maximum Gasteiger partial charge on any atom is 0.251 e. The molecule has 104 valence electrons. The number of benzene rings is 1. The second kappa shape index (κ2) is 6.52. The van der Waals surface area contributed by atoms with Crippen molar-refractivity contribution in [2.24, 2.45) is 0 Å². The number of aromatic nitrogens is 1. The van der Waals surface area contributed by atoms with Crippen LogP contribution in [-0.2, 0) is 6.54 Å². The summed E-state index contributed by atoms with van der Waals surface area (Å²) < 4.78 is 0.952. The third kappa shape index (κ3) is 3.36. The Labute approximate surface area is 126 Å². The standard InChI is InChI=1S/C15H16BrN3O/c1-10-13(15(20)17-2)4-3-5-14(10)19-8-11-6-12(16)9-18-7-11/h3-7,9,19H,8H2,1-2H3,(H,17,20). The fourth-order valence-electron chi connectivity index (χ4n) is 1.96. The van der Waals surface area contributed by atoms with E-state index in [2.05, 4.69) is 31.5 Å². The van der Waals surface area contributed by atoms with Gasteiger partial charge in [-0.3, -0.25) is 9.78 Å². The van der Waals surface area contributed by atoms with Crippen molar-refractivity contribution in [3.05, 3.63) is 57.8 Å². The van der Waals surface area contributed by atoms with E-state index in [0.717, 1.165) is 21.3 Å². The van der Waals surface area contributed by atoms with Crippen LogP contribution in [0.5, 0.6) is 0 Å². The minimum absolute atomic E-state index is 0.0738. The molecule has 2 N–H and O–H groups in total. The first-order valence-electron chi connectivity index (χ1n) is 6.27. The molecule has 2 aromatic rings. The van der Waals surface area contributed by atoms with E-state index in [9.17, 15) is 4.79 Å². The summed E-state index contributed by atoms with van der Waals surface area (Å²) in [7, 11) is 1.63. The van der Waals surface area contributed by atoms with E-state index in [4.69, 9.17) is 0 Å². The molecule has 0 saturated heterocycles. The van der Waals surface area contributed by atoms with Crippen molar-refractivity contribution >= 4 is 27.5 Å². The SMILES string of the molecule is CNC(=O)c1cccc(NCc2cncc(Br)c2)c1C. The maximum absolute atomic E-state index is 11.8. The topological polar surface area (TPSA) is 54.0 Å². The van der Waals surface area contributed by atoms with Crippen LogP contribution in [0.15, 0.2) is 41.1 Å². The quantitative estimate of drug-likeness (QED) is 0.903. The lowest BCUT2D eigenvalue weighted by Gasteiger charge is -2.12. The van der Waals surface area contributed by atoms with Crippen molar-refractivity contribution in [2.75, 3.05) is 12.4 Å². The number of carbonyl (C=O) groups is 1. The van der Waals surface area contributed by atoms with Crippen LogP contribution in [0.2, 0.25) is 0 Å². The molecule has 0 radical (unpaired) electrons. The van der Waals surface area contributed by atoms with E-state index < -0.39 is 0 Å². The Bertz CT molecular complexity index is 628. The second-order valence-corrected chi connectivity index (χ2v) is 5.34. The highest BCUT2D eigenvalue weighted by Crippen LogP contribution is 2.20. The number of rotatable bonds is 4. The largest absolute Gasteiger partial charge is 0.381 e. The Hall–Kier alpha value is -1.88. The van der Waals surface area contributed by atoms with E-state index in [1.807, 2.05) is 37.4 Å². The van der Waals surface area contributed by atoms with E-state index in [1.54, 1.807) is 13.2 Å². The summed E-state index contributed by atoms with van der Waals surface area (Å²) in [5, 5.41) is 5.98. The average Bonchev–Trinajstić information content (AvgIpc) is 2.45. The highest BCUT2D eigenvalue weighted by Gasteiger charge is 2.09. The zero-order valence-electron chi connectivity index (χ0n) is 11.4. The number of carbonyl (C=O) groups excluding carboxylic acids is 1. The average molecular weight is 334 g/mol. The van der Waals surface area contributed by atoms with E-state index in [-0.39, 0.29) is 5.91 Å². The molecule has 0 fully saturated rings. The highest BCUT2D eigenvalue weighted by molar-refractivity contribution is 9.10. The monoisotopic (exact) mass is 333 g/mol. The lowest BCUT2D eigenvalue weighted by atomic mass is 10.1. The Kier molecular flexibility index (Phi) is 4.74. The van der Waals surface area contributed by atoms with Crippen LogP contribution < -0.4 is 10.6 Å². The molecule has 0 aliphatic heterocycles. The molecule has 4 nitrogen and oxygen atoms in total. The maximum atomic E-state index is 11.8. The zero-order chi connectivity index (χ0) is 14.5. The normalized spacial score (nSPS) is 10.2. The van der Waals surface area contributed by atoms with Crippen LogP contribution in [0.4, 0.5) is 5.69 Å². The number of pyridine rings is 1. The van der Waals surface area contributed by atoms with Gasteiger partial charge in [0.25, 0.3) is 5.91 Å². The first-order valence-corrected chi connectivity index (χ1v) is 7.06. The van der Waals surface area contributed by atoms with Gasteiger partial charge in [-0.1, -0.05) is 6.07 Å². The molecule has 5 heteroatoms. The van der Waals surface area contributed by atoms with Crippen molar-refractivity contribution in [1.82, 2.24) is 10.3 Å². The smallest absolute Gasteiger partial charge is 0.251 e. The molecular formula is C15H16BrN3O. The molecule has 1 amide bonds. The molecule has 1 heterocycles. The van der Waals surface area contributed by atoms with Crippen LogP contribution in [0.1, 0.15) is 21.5 Å². The Morgan fingerprint density at radius 1 is 1.35 bits per heavy atom. The molecule has 0 saturated carbocycles. The van der Waals surface area contributed by atoms with E-state index >= 15 is 0 Å². The molecule has 20 heavy (non-hydrogen) atoms. The predicted octanol–water partition coefficient (Wildman–Crippen LogP) is 3.12. The number of nitrogens with zero attached hydrogens (tertiary/aromatic N) is 1. The van der Waals surface area contributed by atoms with Crippen LogP contribution >= 0.6 is 15.9 Å². The summed E-state index contributed by atoms with van der Waals surface area (Å²) >= 11 is 3.40. The summed E-state index contributed by atoms with van der Waals surface area (Å²) in [5.74, 6) is -0.0738. The van der Waals surface area contributed by atoms with Gasteiger partial charge in [0.1, 0.15) is 0 Å². The molecule has 0 aliphatic rings. The van der Waals surface area contributed by atoms with Gasteiger partial charge in [0.05, 0.1) is 0 Å². The third-order valence-electron chi connectivity index (χ3n) is 3.05. The van der Waals surface area contributed by atoms with E-state index in [0.29, 0.717) is 12.1 Å². The lowest BCUT2D eigenvalue weighted by Crippen LogP contribution is -2.19. The zero-order valence-corrected chi connectivity index (χ0v) is 13.0. The molecule has 0 bridgehead atoms. The second-order valence-electron chi connectivity index (χ2n) is 4.42. The summed E-state index contributed by atoms with van der Waals surface area (Å²) in [4.78, 5) is 15.9. The summed E-state index contributed by atoms with van der Waals surface area (Å²) in [6.07, 6.45) is 3.57. The molecule has 0 unspecified atom stereocenters. The predicted molar refractivity (Wildman–Crippen MR) is 83.8 cm³/mol. The number of anilines is 1. The van der Waals surface area contributed by atoms with Crippen molar-refractivity contribution in [1.29, 1.82) is 0 Å². The van der Waals surface area contributed by atoms with Crippen molar-refractivity contribution < 1.29 is 4.79 Å². The van der Waals surface area contributed by atoms with E-state index in [1.165, 1.54) is 0 Å². The Morgan fingerprint density at radius 3 is 2.85 bits per heavy atom. The van der Waals surface area contributed by atoms with Crippen molar-refractivity contribution in [2.45, 2.75) is 13.5 Å². The molecule has 0 aliphatic carbocycles. The van der Waals surface area contributed by atoms with Crippen molar-refractivity contribution in [3.8, 4) is 0 Å². The summed E-state index contributed by atoms with van der Waals surface area (Å²) in [6, 6.07) is 7.67. The van der Waals surface area contributed by atoms with Gasteiger partial charge in [0, 0.05) is 41.7 Å². The lowest BCUT2D eigenvalue weighted by molar-refractivity contribution is 0.0962. The first kappa shape index (κ1) is 14.5. The van der Waals surface area contributed by atoms with Crippen LogP contribution in [0.25, 0.3) is 0 Å². The molecule has 1 aromatic carbocycles. The third-order valence-corrected chi connectivity index (χ3v) is 3.48. The van der Waals surface area contributed by atoms with Gasteiger partial charge in [-0.15, -0.1) is 0 Å². The molecule has 0 atom stereocenters. The van der Waals surface area contributed by atoms with Gasteiger partial charge in [0.15, 0.2) is 0 Å². The molecule has 2 rings (SSSR count). The van der Waals surface area contributed by atoms with Crippen LogP contribution in [0, 0.1) is 6.92 Å². The summed E-state index contributed by atoms with van der Waals surface area (Å²) in [6.45, 7) is 2.59. The summed E-state index contributed by atoms with van der Waals surface area (Å²) in [5.41, 5.74) is 3.65. The van der Waals surface area contributed by atoms with Crippen LogP contribution in [0.3, 0.4) is 0 Å². The van der Waals surface area contributed by atoms with Gasteiger partial charge < -0.3 is 10.6 Å². The van der Waals surface area contributed by atoms with Crippen LogP contribution in [-0.4, -0.2) is 17.9 Å². The van der Waals surface area contributed by atoms with Gasteiger partial charge in [-0.05, 0) is 52.2 Å². The first-order chi connectivity index (χ1) is 9.61. The minimum Gasteiger partial charge on any atom is -0.381 e. The fraction of sp³-hybridized carbons (Fsp3) is 0.200. The molecule has 1 aromatic heterocycles.